The van der Waals surface area contributed by atoms with Gasteiger partial charge in [0.1, 0.15) is 5.75 Å². The third-order valence-electron chi connectivity index (χ3n) is 5.06. The molecule has 1 aliphatic rings. The van der Waals surface area contributed by atoms with E-state index in [1.807, 2.05) is 24.3 Å². The summed E-state index contributed by atoms with van der Waals surface area (Å²) >= 11 is 0. The summed E-state index contributed by atoms with van der Waals surface area (Å²) in [4.78, 5) is 18.3. The highest BCUT2D eigenvalue weighted by atomic mass is 127. The third-order valence-corrected chi connectivity index (χ3v) is 5.06. The lowest BCUT2D eigenvalue weighted by molar-refractivity contribution is 0.100. The van der Waals surface area contributed by atoms with Crippen molar-refractivity contribution in [1.82, 2.24) is 10.2 Å². The van der Waals surface area contributed by atoms with Crippen LogP contribution in [0.25, 0.3) is 0 Å². The molecule has 1 aliphatic heterocycles. The van der Waals surface area contributed by atoms with E-state index >= 15 is 0 Å². The monoisotopic (exact) mass is 508 g/mol. The number of amides is 1. The first-order valence-electron chi connectivity index (χ1n) is 9.66. The van der Waals surface area contributed by atoms with Gasteiger partial charge in [0.05, 0.1) is 13.7 Å². The number of hydrogen-bond acceptors (Lipinski definition) is 3. The molecule has 1 atom stereocenters. The molecule has 0 saturated carbocycles. The van der Waals surface area contributed by atoms with Gasteiger partial charge in [0, 0.05) is 31.1 Å². The molecule has 0 aliphatic carbocycles. The van der Waals surface area contributed by atoms with Crippen LogP contribution >= 0.6 is 24.0 Å². The number of rotatable bonds is 6. The second-order valence-corrected chi connectivity index (χ2v) is 6.94. The van der Waals surface area contributed by atoms with Gasteiger partial charge < -0.3 is 20.7 Å². The van der Waals surface area contributed by atoms with Crippen molar-refractivity contribution in [2.75, 3.05) is 26.7 Å². The molecule has 3 rings (SSSR count). The van der Waals surface area contributed by atoms with E-state index in [9.17, 15) is 4.79 Å². The summed E-state index contributed by atoms with van der Waals surface area (Å²) in [7, 11) is 1.69. The number of aliphatic imine (C=N–C) groups is 1. The number of carbonyl (C=O) groups is 1. The average molecular weight is 508 g/mol. The van der Waals surface area contributed by atoms with Gasteiger partial charge >= 0.3 is 0 Å². The number of ether oxygens (including phenoxy) is 1. The van der Waals surface area contributed by atoms with Crippen LogP contribution in [0.5, 0.6) is 5.75 Å². The van der Waals surface area contributed by atoms with Crippen LogP contribution in [0.4, 0.5) is 0 Å². The third kappa shape index (κ3) is 6.09. The van der Waals surface area contributed by atoms with E-state index < -0.39 is 5.91 Å². The average Bonchev–Trinajstić information content (AvgIpc) is 3.21. The number of nitrogens with two attached hydrogens (primary N) is 1. The summed E-state index contributed by atoms with van der Waals surface area (Å²) in [6.45, 7) is 5.38. The molecule has 156 valence electrons. The van der Waals surface area contributed by atoms with E-state index in [4.69, 9.17) is 15.5 Å². The van der Waals surface area contributed by atoms with E-state index in [2.05, 4.69) is 29.3 Å². The number of methoxy groups -OCH3 is 1. The van der Waals surface area contributed by atoms with Crippen LogP contribution in [0, 0.1) is 0 Å². The molecule has 2 aromatic carbocycles. The van der Waals surface area contributed by atoms with Crippen molar-refractivity contribution >= 4 is 35.8 Å². The van der Waals surface area contributed by atoms with Gasteiger partial charge in [0.25, 0.3) is 0 Å². The van der Waals surface area contributed by atoms with Gasteiger partial charge in [-0.2, -0.15) is 0 Å². The summed E-state index contributed by atoms with van der Waals surface area (Å²) in [6.07, 6.45) is 1.10. The number of primary amides is 1. The number of carbonyl (C=O) groups excluding carboxylic acids is 1. The summed E-state index contributed by atoms with van der Waals surface area (Å²) in [6, 6.07) is 15.6. The lowest BCUT2D eigenvalue weighted by Gasteiger charge is -2.22. The lowest BCUT2D eigenvalue weighted by Crippen LogP contribution is -2.40. The minimum absolute atomic E-state index is 0. The highest BCUT2D eigenvalue weighted by molar-refractivity contribution is 14.0. The zero-order valence-electron chi connectivity index (χ0n) is 16.9. The van der Waals surface area contributed by atoms with Gasteiger partial charge in [0.15, 0.2) is 5.96 Å². The van der Waals surface area contributed by atoms with Gasteiger partial charge in [-0.15, -0.1) is 24.0 Å². The first kappa shape index (κ1) is 23.0. The van der Waals surface area contributed by atoms with E-state index in [0.717, 1.165) is 43.3 Å². The quantitative estimate of drug-likeness (QED) is 0.357. The summed E-state index contributed by atoms with van der Waals surface area (Å²) in [5, 5.41) is 3.40. The van der Waals surface area contributed by atoms with E-state index in [1.165, 1.54) is 5.56 Å². The Morgan fingerprint density at radius 2 is 1.90 bits per heavy atom. The maximum Gasteiger partial charge on any atom is 0.248 e. The predicted octanol–water partition coefficient (Wildman–Crippen LogP) is 3.37. The highest BCUT2D eigenvalue weighted by Crippen LogP contribution is 2.28. The van der Waals surface area contributed by atoms with Crippen LogP contribution in [0.3, 0.4) is 0 Å². The van der Waals surface area contributed by atoms with E-state index in [-0.39, 0.29) is 24.0 Å². The molecule has 29 heavy (non-hydrogen) atoms. The Labute approximate surface area is 189 Å². The molecule has 1 unspecified atom stereocenters. The minimum Gasteiger partial charge on any atom is -0.497 e. The van der Waals surface area contributed by atoms with Gasteiger partial charge in [-0.05, 0) is 48.7 Å². The second kappa shape index (κ2) is 11.0. The van der Waals surface area contributed by atoms with Crippen molar-refractivity contribution in [3.8, 4) is 5.75 Å². The summed E-state index contributed by atoms with van der Waals surface area (Å²) in [5.74, 6) is 1.89. The molecule has 0 spiro atoms. The first-order chi connectivity index (χ1) is 13.6. The Bertz CT molecular complexity index is 822. The number of guanidine groups is 1. The molecular formula is C22H29IN4O2. The van der Waals surface area contributed by atoms with Crippen molar-refractivity contribution in [1.29, 1.82) is 0 Å². The molecule has 1 heterocycles. The van der Waals surface area contributed by atoms with E-state index in [1.54, 1.807) is 19.2 Å². The normalized spacial score (nSPS) is 16.3. The molecule has 1 saturated heterocycles. The Morgan fingerprint density at radius 3 is 2.48 bits per heavy atom. The number of nitrogens with zero attached hydrogens (tertiary/aromatic N) is 2. The molecule has 1 amide bonds. The molecule has 0 bridgehead atoms. The van der Waals surface area contributed by atoms with Gasteiger partial charge in [-0.3, -0.25) is 4.79 Å². The van der Waals surface area contributed by atoms with Gasteiger partial charge in [0.2, 0.25) is 5.91 Å². The minimum atomic E-state index is -0.412. The van der Waals surface area contributed by atoms with Crippen LogP contribution in [-0.4, -0.2) is 43.5 Å². The molecule has 3 N–H and O–H groups in total. The van der Waals surface area contributed by atoms with Crippen molar-refractivity contribution in [3.63, 3.8) is 0 Å². The van der Waals surface area contributed by atoms with Crippen molar-refractivity contribution in [3.05, 3.63) is 65.2 Å². The standard InChI is InChI=1S/C22H28N4O2.HI/c1-3-24-22(25-14-16-4-6-18(7-5-16)21(23)27)26-13-12-19(15-26)17-8-10-20(28-2)11-9-17;/h4-11,19H,3,12-15H2,1-2H3,(H2,23,27)(H,24,25);1H. The van der Waals surface area contributed by atoms with Gasteiger partial charge in [-0.25, -0.2) is 4.99 Å². The Kier molecular flexibility index (Phi) is 8.75. The van der Waals surface area contributed by atoms with Crippen LogP contribution < -0.4 is 15.8 Å². The topological polar surface area (TPSA) is 79.9 Å². The van der Waals surface area contributed by atoms with Crippen LogP contribution in [0.1, 0.15) is 40.7 Å². The molecule has 0 aromatic heterocycles. The summed E-state index contributed by atoms with van der Waals surface area (Å²) in [5.41, 5.74) is 8.19. The Morgan fingerprint density at radius 1 is 1.21 bits per heavy atom. The summed E-state index contributed by atoms with van der Waals surface area (Å²) < 4.78 is 5.25. The van der Waals surface area contributed by atoms with Crippen molar-refractivity contribution in [2.24, 2.45) is 10.7 Å². The van der Waals surface area contributed by atoms with E-state index in [0.29, 0.717) is 18.0 Å². The lowest BCUT2D eigenvalue weighted by atomic mass is 9.98. The largest absolute Gasteiger partial charge is 0.497 e. The molecule has 6 nitrogen and oxygen atoms in total. The molecule has 1 fully saturated rings. The van der Waals surface area contributed by atoms with Gasteiger partial charge in [-0.1, -0.05) is 24.3 Å². The fourth-order valence-corrected chi connectivity index (χ4v) is 3.47. The molecule has 7 heteroatoms. The highest BCUT2D eigenvalue weighted by Gasteiger charge is 2.26. The SMILES string of the molecule is CCNC(=NCc1ccc(C(N)=O)cc1)N1CCC(c2ccc(OC)cc2)C1.I. The number of halogens is 1. The molecule has 0 radical (unpaired) electrons. The number of likely N-dealkylation sites (tertiary alicyclic amines) is 1. The smallest absolute Gasteiger partial charge is 0.248 e. The maximum absolute atomic E-state index is 11.2. The Balaban J connectivity index is 0.00000300. The fourth-order valence-electron chi connectivity index (χ4n) is 3.47. The number of nitrogens with one attached hydrogen (secondary N) is 1. The number of hydrogen-bond donors (Lipinski definition) is 2. The fraction of sp³-hybridized carbons (Fsp3) is 0.364. The van der Waals surface area contributed by atoms with Crippen LogP contribution in [0.2, 0.25) is 0 Å². The van der Waals surface area contributed by atoms with Crippen LogP contribution in [-0.2, 0) is 6.54 Å². The maximum atomic E-state index is 11.2. The predicted molar refractivity (Wildman–Crippen MR) is 127 cm³/mol. The number of benzene rings is 2. The van der Waals surface area contributed by atoms with Crippen molar-refractivity contribution < 1.29 is 9.53 Å². The first-order valence-corrected chi connectivity index (χ1v) is 9.66. The van der Waals surface area contributed by atoms with Crippen molar-refractivity contribution in [2.45, 2.75) is 25.8 Å². The zero-order valence-corrected chi connectivity index (χ0v) is 19.3. The molecule has 2 aromatic rings. The van der Waals surface area contributed by atoms with Crippen LogP contribution in [0.15, 0.2) is 53.5 Å². The zero-order chi connectivity index (χ0) is 19.9. The second-order valence-electron chi connectivity index (χ2n) is 6.94. The Hall–Kier alpha value is -2.29. The molecular weight excluding hydrogens is 479 g/mol.